The zero-order chi connectivity index (χ0) is 18.7. The molecule has 0 N–H and O–H groups in total. The summed E-state index contributed by atoms with van der Waals surface area (Å²) in [5, 5.41) is 4.32. The van der Waals surface area contributed by atoms with Gasteiger partial charge in [-0.05, 0) is 35.0 Å². The van der Waals surface area contributed by atoms with Gasteiger partial charge < -0.3 is 9.47 Å². The Hall–Kier alpha value is -2.81. The predicted molar refractivity (Wildman–Crippen MR) is 94.4 cm³/mol. The fourth-order valence-corrected chi connectivity index (χ4v) is 2.87. The van der Waals surface area contributed by atoms with Gasteiger partial charge in [0.15, 0.2) is 6.10 Å². The first-order valence-electron chi connectivity index (χ1n) is 7.56. The maximum absolute atomic E-state index is 14.3. The van der Waals surface area contributed by atoms with E-state index in [1.54, 1.807) is 30.6 Å². The van der Waals surface area contributed by atoms with Crippen LogP contribution in [-0.2, 0) is 9.53 Å². The second-order valence-corrected chi connectivity index (χ2v) is 6.03. The Bertz CT molecular complexity index is 933. The van der Waals surface area contributed by atoms with Crippen molar-refractivity contribution in [2.75, 3.05) is 7.11 Å². The molecule has 1 aromatic carbocycles. The largest absolute Gasteiger partial charge is 0.466 e. The van der Waals surface area contributed by atoms with Gasteiger partial charge in [0, 0.05) is 18.0 Å². The Morgan fingerprint density at radius 2 is 1.96 bits per heavy atom. The van der Waals surface area contributed by atoms with Crippen LogP contribution in [0, 0.1) is 5.82 Å². The highest BCUT2D eigenvalue weighted by molar-refractivity contribution is 9.10. The summed E-state index contributed by atoms with van der Waals surface area (Å²) in [7, 11) is 1.27. The van der Waals surface area contributed by atoms with Crippen LogP contribution in [0.25, 0.3) is 16.9 Å². The molecule has 2 heterocycles. The molecule has 0 fully saturated rings. The molecule has 1 atom stereocenters. The summed E-state index contributed by atoms with van der Waals surface area (Å²) in [6.07, 6.45) is 3.64. The van der Waals surface area contributed by atoms with Crippen LogP contribution in [0.5, 0.6) is 5.88 Å². The van der Waals surface area contributed by atoms with Gasteiger partial charge >= 0.3 is 5.97 Å². The normalized spacial score (nSPS) is 11.8. The number of benzene rings is 1. The van der Waals surface area contributed by atoms with E-state index >= 15 is 0 Å². The summed E-state index contributed by atoms with van der Waals surface area (Å²) < 4.78 is 26.4. The van der Waals surface area contributed by atoms with Gasteiger partial charge in [0.25, 0.3) is 0 Å². The second kappa shape index (κ2) is 7.61. The molecule has 3 aromatic rings. The third-order valence-electron chi connectivity index (χ3n) is 3.53. The standard InChI is InChI=1S/C17H14BrFN4O3/c1-10(17(24)25-2)26-16-14(18)15(11-7-20-9-21-8-11)23(22-16)13-6-4-3-5-12(13)19/h3-10H,1-2H3/t10-/m1/s1. The van der Waals surface area contributed by atoms with E-state index in [4.69, 9.17) is 4.74 Å². The number of esters is 1. The molecule has 9 heteroatoms. The molecule has 7 nitrogen and oxygen atoms in total. The van der Waals surface area contributed by atoms with Crippen molar-refractivity contribution in [1.82, 2.24) is 19.7 Å². The predicted octanol–water partition coefficient (Wildman–Crippen LogP) is 3.17. The number of halogens is 2. The van der Waals surface area contributed by atoms with Gasteiger partial charge in [-0.15, -0.1) is 5.10 Å². The first kappa shape index (κ1) is 18.0. The zero-order valence-corrected chi connectivity index (χ0v) is 15.5. The number of ether oxygens (including phenoxy) is 2. The number of aromatic nitrogens is 4. The van der Waals surface area contributed by atoms with E-state index in [9.17, 15) is 9.18 Å². The van der Waals surface area contributed by atoms with E-state index in [1.165, 1.54) is 31.1 Å². The minimum Gasteiger partial charge on any atom is -0.466 e. The van der Waals surface area contributed by atoms with Gasteiger partial charge in [0.2, 0.25) is 5.88 Å². The highest BCUT2D eigenvalue weighted by atomic mass is 79.9. The monoisotopic (exact) mass is 420 g/mol. The van der Waals surface area contributed by atoms with E-state index in [0.717, 1.165) is 0 Å². The molecule has 0 unspecified atom stereocenters. The molecule has 0 amide bonds. The van der Waals surface area contributed by atoms with Crippen LogP contribution in [-0.4, -0.2) is 38.9 Å². The van der Waals surface area contributed by atoms with Crippen molar-refractivity contribution in [2.45, 2.75) is 13.0 Å². The Labute approximate surface area is 156 Å². The van der Waals surface area contributed by atoms with Gasteiger partial charge in [-0.1, -0.05) is 12.1 Å². The van der Waals surface area contributed by atoms with E-state index in [2.05, 4.69) is 35.7 Å². The van der Waals surface area contributed by atoms with Crippen LogP contribution in [0.2, 0.25) is 0 Å². The fraction of sp³-hybridized carbons (Fsp3) is 0.176. The molecular weight excluding hydrogens is 407 g/mol. The maximum atomic E-state index is 14.3. The van der Waals surface area contributed by atoms with Gasteiger partial charge in [-0.2, -0.15) is 0 Å². The van der Waals surface area contributed by atoms with E-state index in [1.807, 2.05) is 0 Å². The minimum atomic E-state index is -0.889. The quantitative estimate of drug-likeness (QED) is 0.589. The van der Waals surface area contributed by atoms with Crippen molar-refractivity contribution in [1.29, 1.82) is 0 Å². The second-order valence-electron chi connectivity index (χ2n) is 5.24. The highest BCUT2D eigenvalue weighted by Crippen LogP contribution is 2.37. The summed E-state index contributed by atoms with van der Waals surface area (Å²) in [6, 6.07) is 6.18. The fourth-order valence-electron chi connectivity index (χ4n) is 2.30. The Kier molecular flexibility index (Phi) is 5.27. The smallest absolute Gasteiger partial charge is 0.346 e. The maximum Gasteiger partial charge on any atom is 0.346 e. The van der Waals surface area contributed by atoms with Crippen LogP contribution in [0.15, 0.2) is 47.5 Å². The van der Waals surface area contributed by atoms with Crippen LogP contribution in [0.3, 0.4) is 0 Å². The molecule has 0 saturated heterocycles. The topological polar surface area (TPSA) is 79.1 Å². The highest BCUT2D eigenvalue weighted by Gasteiger charge is 2.25. The number of rotatable bonds is 5. The number of hydrogen-bond acceptors (Lipinski definition) is 6. The van der Waals surface area contributed by atoms with Crippen molar-refractivity contribution in [3.05, 3.63) is 53.3 Å². The zero-order valence-electron chi connectivity index (χ0n) is 13.9. The van der Waals surface area contributed by atoms with Crippen molar-refractivity contribution in [3.8, 4) is 22.8 Å². The van der Waals surface area contributed by atoms with Crippen molar-refractivity contribution in [3.63, 3.8) is 0 Å². The lowest BCUT2D eigenvalue weighted by Crippen LogP contribution is -2.25. The molecule has 0 aliphatic heterocycles. The number of carbonyl (C=O) groups is 1. The van der Waals surface area contributed by atoms with Gasteiger partial charge in [0.1, 0.15) is 22.3 Å². The van der Waals surface area contributed by atoms with Crippen LogP contribution in [0.1, 0.15) is 6.92 Å². The van der Waals surface area contributed by atoms with Crippen molar-refractivity contribution < 1.29 is 18.7 Å². The number of nitrogens with zero attached hydrogens (tertiary/aromatic N) is 4. The van der Waals surface area contributed by atoms with Crippen LogP contribution >= 0.6 is 15.9 Å². The SMILES string of the molecule is COC(=O)[C@@H](C)Oc1nn(-c2ccccc2F)c(-c2cncnc2)c1Br. The molecule has 3 rings (SSSR count). The first-order valence-corrected chi connectivity index (χ1v) is 8.35. The lowest BCUT2D eigenvalue weighted by Gasteiger charge is -2.10. The molecule has 0 radical (unpaired) electrons. The van der Waals surface area contributed by atoms with Crippen molar-refractivity contribution in [2.24, 2.45) is 0 Å². The minimum absolute atomic E-state index is 0.116. The van der Waals surface area contributed by atoms with E-state index in [0.29, 0.717) is 15.7 Å². The van der Waals surface area contributed by atoms with E-state index < -0.39 is 17.9 Å². The summed E-state index contributed by atoms with van der Waals surface area (Å²) >= 11 is 3.42. The molecule has 26 heavy (non-hydrogen) atoms. The summed E-state index contributed by atoms with van der Waals surface area (Å²) in [5.74, 6) is -0.903. The van der Waals surface area contributed by atoms with Crippen LogP contribution < -0.4 is 4.74 Å². The van der Waals surface area contributed by atoms with Crippen molar-refractivity contribution >= 4 is 21.9 Å². The van der Waals surface area contributed by atoms with Gasteiger partial charge in [0.05, 0.1) is 12.8 Å². The molecule has 0 aliphatic rings. The number of para-hydroxylation sites is 1. The lowest BCUT2D eigenvalue weighted by atomic mass is 10.2. The average molecular weight is 421 g/mol. The first-order chi connectivity index (χ1) is 12.5. The van der Waals surface area contributed by atoms with Crippen LogP contribution in [0.4, 0.5) is 4.39 Å². The van der Waals surface area contributed by atoms with Gasteiger partial charge in [-0.3, -0.25) is 0 Å². The molecule has 0 aliphatic carbocycles. The third-order valence-corrected chi connectivity index (χ3v) is 4.25. The van der Waals surface area contributed by atoms with E-state index in [-0.39, 0.29) is 11.6 Å². The summed E-state index contributed by atoms with van der Waals surface area (Å²) in [5.41, 5.74) is 1.30. The third kappa shape index (κ3) is 3.43. The molecular formula is C17H14BrFN4O3. The Morgan fingerprint density at radius 1 is 1.27 bits per heavy atom. The summed E-state index contributed by atoms with van der Waals surface area (Å²) in [4.78, 5) is 19.6. The lowest BCUT2D eigenvalue weighted by molar-refractivity contribution is -0.148. The molecule has 2 aromatic heterocycles. The Morgan fingerprint density at radius 3 is 2.62 bits per heavy atom. The number of carbonyl (C=O) groups excluding carboxylic acids is 1. The summed E-state index contributed by atoms with van der Waals surface area (Å²) in [6.45, 7) is 1.53. The number of hydrogen-bond donors (Lipinski definition) is 0. The Balaban J connectivity index is 2.15. The number of methoxy groups -OCH3 is 1. The molecule has 0 bridgehead atoms. The molecule has 134 valence electrons. The molecule has 0 saturated carbocycles. The van der Waals surface area contributed by atoms with Gasteiger partial charge in [-0.25, -0.2) is 23.8 Å². The molecule has 0 spiro atoms. The average Bonchev–Trinajstić information content (AvgIpc) is 2.98.